The zero-order valence-corrected chi connectivity index (χ0v) is 13.3. The number of pyridine rings is 1. The lowest BCUT2D eigenvalue weighted by Gasteiger charge is -2.00. The average Bonchev–Trinajstić information content (AvgIpc) is 3.02. The van der Waals surface area contributed by atoms with E-state index in [4.69, 9.17) is 17.0 Å². The Balaban J connectivity index is 1.93. The maximum absolute atomic E-state index is 12.1. The van der Waals surface area contributed by atoms with Crippen molar-refractivity contribution in [3.05, 3.63) is 62.7 Å². The summed E-state index contributed by atoms with van der Waals surface area (Å²) in [5.74, 6) is 0.175. The molecule has 1 N–H and O–H groups in total. The van der Waals surface area contributed by atoms with E-state index in [1.165, 1.54) is 4.70 Å². The fraction of sp³-hybridized carbons (Fsp3) is 0.0588. The number of ether oxygens (including phenoxy) is 1. The SMILES string of the molecule is Cc1cc2c(c(=S)[nH]1)C(=O)O/C2=C\c1csc2ccccc12. The molecule has 0 spiro atoms. The lowest BCUT2D eigenvalue weighted by atomic mass is 10.1. The summed E-state index contributed by atoms with van der Waals surface area (Å²) in [7, 11) is 0. The summed E-state index contributed by atoms with van der Waals surface area (Å²) in [6, 6.07) is 10.1. The molecule has 22 heavy (non-hydrogen) atoms. The van der Waals surface area contributed by atoms with Gasteiger partial charge in [-0.2, -0.15) is 0 Å². The molecule has 0 saturated carbocycles. The molecule has 0 unspecified atom stereocenters. The van der Waals surface area contributed by atoms with Crippen LogP contribution in [-0.4, -0.2) is 11.0 Å². The standard InChI is InChI=1S/C17H11NO2S2/c1-9-6-12-13(20-17(19)15(12)16(21)18-9)7-10-8-22-14-5-3-2-4-11(10)14/h2-8H,1H3,(H,18,21)/b13-7-. The second-order valence-corrected chi connectivity index (χ2v) is 6.47. The molecule has 5 heteroatoms. The van der Waals surface area contributed by atoms with Gasteiger partial charge in [-0.15, -0.1) is 11.3 Å². The van der Waals surface area contributed by atoms with E-state index in [1.807, 2.05) is 31.2 Å². The van der Waals surface area contributed by atoms with Crippen molar-refractivity contribution in [3.63, 3.8) is 0 Å². The Labute approximate surface area is 135 Å². The minimum atomic E-state index is -0.387. The molecular weight excluding hydrogens is 314 g/mol. The van der Waals surface area contributed by atoms with E-state index in [-0.39, 0.29) is 5.97 Å². The minimum absolute atomic E-state index is 0.387. The maximum atomic E-state index is 12.1. The number of carbonyl (C=O) groups excluding carboxylic acids is 1. The van der Waals surface area contributed by atoms with Crippen molar-refractivity contribution >= 4 is 51.4 Å². The van der Waals surface area contributed by atoms with E-state index in [0.717, 1.165) is 22.2 Å². The summed E-state index contributed by atoms with van der Waals surface area (Å²) in [5, 5.41) is 3.22. The first kappa shape index (κ1) is 13.4. The first-order valence-electron chi connectivity index (χ1n) is 6.78. The van der Waals surface area contributed by atoms with Gasteiger partial charge in [0.1, 0.15) is 16.0 Å². The number of carbonyl (C=O) groups is 1. The van der Waals surface area contributed by atoms with Crippen molar-refractivity contribution in [2.45, 2.75) is 6.92 Å². The van der Waals surface area contributed by atoms with Gasteiger partial charge in [-0.1, -0.05) is 30.4 Å². The maximum Gasteiger partial charge on any atom is 0.347 e. The van der Waals surface area contributed by atoms with Crippen LogP contribution in [0.25, 0.3) is 21.9 Å². The molecule has 0 aliphatic carbocycles. The summed E-state index contributed by atoms with van der Waals surface area (Å²) in [6.45, 7) is 1.91. The smallest absolute Gasteiger partial charge is 0.347 e. The van der Waals surface area contributed by atoms with Crippen molar-refractivity contribution in [3.8, 4) is 0 Å². The van der Waals surface area contributed by atoms with E-state index >= 15 is 0 Å². The molecule has 2 aromatic heterocycles. The van der Waals surface area contributed by atoms with Crippen LogP contribution in [0.5, 0.6) is 0 Å². The van der Waals surface area contributed by atoms with Crippen molar-refractivity contribution < 1.29 is 9.53 Å². The van der Waals surface area contributed by atoms with E-state index in [9.17, 15) is 4.79 Å². The Morgan fingerprint density at radius 1 is 1.32 bits per heavy atom. The van der Waals surface area contributed by atoms with Gasteiger partial charge < -0.3 is 9.72 Å². The van der Waals surface area contributed by atoms with Crippen molar-refractivity contribution in [2.75, 3.05) is 0 Å². The van der Waals surface area contributed by atoms with E-state index in [2.05, 4.69) is 22.5 Å². The molecule has 1 aliphatic rings. The Kier molecular flexibility index (Phi) is 2.99. The molecule has 108 valence electrons. The molecule has 4 rings (SSSR count). The minimum Gasteiger partial charge on any atom is -0.422 e. The van der Waals surface area contributed by atoms with Gasteiger partial charge >= 0.3 is 5.97 Å². The van der Waals surface area contributed by atoms with Gasteiger partial charge in [0.05, 0.1) is 0 Å². The summed E-state index contributed by atoms with van der Waals surface area (Å²) >= 11 is 6.91. The highest BCUT2D eigenvalue weighted by Crippen LogP contribution is 2.35. The molecular formula is C17H11NO2S2. The second-order valence-electron chi connectivity index (χ2n) is 5.16. The number of rotatable bonds is 1. The third kappa shape index (κ3) is 2.01. The van der Waals surface area contributed by atoms with Crippen molar-refractivity contribution in [1.29, 1.82) is 0 Å². The van der Waals surface area contributed by atoms with E-state index < -0.39 is 0 Å². The molecule has 0 atom stereocenters. The molecule has 0 amide bonds. The third-order valence-electron chi connectivity index (χ3n) is 3.64. The van der Waals surface area contributed by atoms with Gasteiger partial charge in [0.25, 0.3) is 0 Å². The van der Waals surface area contributed by atoms with Crippen LogP contribution < -0.4 is 0 Å². The molecule has 0 saturated heterocycles. The van der Waals surface area contributed by atoms with Crippen LogP contribution in [0, 0.1) is 11.6 Å². The van der Waals surface area contributed by atoms with Gasteiger partial charge in [0.2, 0.25) is 0 Å². The first-order chi connectivity index (χ1) is 10.6. The molecule has 3 aromatic rings. The van der Waals surface area contributed by atoms with Crippen LogP contribution in [0.3, 0.4) is 0 Å². The van der Waals surface area contributed by atoms with Crippen LogP contribution in [0.1, 0.15) is 27.2 Å². The number of esters is 1. The number of thiophene rings is 1. The van der Waals surface area contributed by atoms with E-state index in [1.54, 1.807) is 11.3 Å². The summed E-state index contributed by atoms with van der Waals surface area (Å²) < 4.78 is 7.07. The molecule has 3 nitrogen and oxygen atoms in total. The third-order valence-corrected chi connectivity index (χ3v) is 4.93. The van der Waals surface area contributed by atoms with Gasteiger partial charge in [-0.3, -0.25) is 0 Å². The highest BCUT2D eigenvalue weighted by atomic mass is 32.1. The summed E-state index contributed by atoms with van der Waals surface area (Å²) in [4.78, 5) is 15.1. The zero-order valence-electron chi connectivity index (χ0n) is 11.7. The molecule has 0 radical (unpaired) electrons. The predicted molar refractivity (Wildman–Crippen MR) is 91.5 cm³/mol. The molecule has 3 heterocycles. The molecule has 1 aromatic carbocycles. The number of hydrogen-bond donors (Lipinski definition) is 1. The lowest BCUT2D eigenvalue weighted by molar-refractivity contribution is 0.0716. The highest BCUT2D eigenvalue weighted by Gasteiger charge is 2.28. The monoisotopic (exact) mass is 325 g/mol. The van der Waals surface area contributed by atoms with Gasteiger partial charge in [0, 0.05) is 16.0 Å². The second kappa shape index (κ2) is 4.90. The number of benzene rings is 1. The first-order valence-corrected chi connectivity index (χ1v) is 8.06. The van der Waals surface area contributed by atoms with Gasteiger partial charge in [0.15, 0.2) is 0 Å². The fourth-order valence-electron chi connectivity index (χ4n) is 2.65. The summed E-state index contributed by atoms with van der Waals surface area (Å²) in [5.41, 5.74) is 3.17. The molecule has 0 bridgehead atoms. The number of aryl methyl sites for hydroxylation is 1. The highest BCUT2D eigenvalue weighted by molar-refractivity contribution is 7.71. The quantitative estimate of drug-likeness (QED) is 0.509. The fourth-order valence-corrected chi connectivity index (χ4v) is 3.92. The Morgan fingerprint density at radius 2 is 2.14 bits per heavy atom. The normalized spacial score (nSPS) is 15.3. The largest absolute Gasteiger partial charge is 0.422 e. The number of aromatic nitrogens is 1. The van der Waals surface area contributed by atoms with Crippen LogP contribution >= 0.6 is 23.6 Å². The van der Waals surface area contributed by atoms with E-state index in [0.29, 0.717) is 16.0 Å². The number of H-pyrrole nitrogens is 1. The number of fused-ring (bicyclic) bond motifs is 2. The van der Waals surface area contributed by atoms with Crippen LogP contribution in [0.4, 0.5) is 0 Å². The number of hydrogen-bond acceptors (Lipinski definition) is 4. The van der Waals surface area contributed by atoms with Crippen LogP contribution in [0.15, 0.2) is 35.7 Å². The number of aromatic amines is 1. The van der Waals surface area contributed by atoms with Gasteiger partial charge in [-0.05, 0) is 41.5 Å². The Hall–Kier alpha value is -2.24. The van der Waals surface area contributed by atoms with Crippen molar-refractivity contribution in [1.82, 2.24) is 4.98 Å². The zero-order chi connectivity index (χ0) is 15.3. The lowest BCUT2D eigenvalue weighted by Crippen LogP contribution is -1.97. The average molecular weight is 325 g/mol. The number of cyclic esters (lactones) is 1. The van der Waals surface area contributed by atoms with Crippen LogP contribution in [0.2, 0.25) is 0 Å². The Morgan fingerprint density at radius 3 is 3.00 bits per heavy atom. The molecule has 1 aliphatic heterocycles. The molecule has 0 fully saturated rings. The van der Waals surface area contributed by atoms with Gasteiger partial charge in [-0.25, -0.2) is 4.79 Å². The summed E-state index contributed by atoms with van der Waals surface area (Å²) in [6.07, 6.45) is 1.91. The van der Waals surface area contributed by atoms with Crippen molar-refractivity contribution in [2.24, 2.45) is 0 Å². The van der Waals surface area contributed by atoms with Crippen LogP contribution in [-0.2, 0) is 4.74 Å². The topological polar surface area (TPSA) is 42.1 Å². The predicted octanol–water partition coefficient (Wildman–Crippen LogP) is 4.94. The Bertz CT molecular complexity index is 1010. The number of nitrogens with one attached hydrogen (secondary N) is 1.